The largest absolute Gasteiger partial charge is 0.390 e. The van der Waals surface area contributed by atoms with Crippen LogP contribution >= 0.6 is 0 Å². The van der Waals surface area contributed by atoms with Gasteiger partial charge in [-0.1, -0.05) is 24.8 Å². The lowest BCUT2D eigenvalue weighted by Gasteiger charge is -2.19. The number of aliphatic hydroxyl groups is 2. The summed E-state index contributed by atoms with van der Waals surface area (Å²) in [7, 11) is 0.736. The first-order valence-electron chi connectivity index (χ1n) is 10.3. The highest BCUT2D eigenvalue weighted by atomic mass is 32.2. The summed E-state index contributed by atoms with van der Waals surface area (Å²) >= 11 is 0. The van der Waals surface area contributed by atoms with Crippen LogP contribution in [-0.4, -0.2) is 72.8 Å². The number of allylic oxidation sites excluding steroid dienone is 2. The summed E-state index contributed by atoms with van der Waals surface area (Å²) in [5.74, 6) is 1.41. The predicted molar refractivity (Wildman–Crippen MR) is 121 cm³/mol. The van der Waals surface area contributed by atoms with E-state index in [1.54, 1.807) is 13.1 Å². The summed E-state index contributed by atoms with van der Waals surface area (Å²) in [4.78, 5) is 8.57. The first-order chi connectivity index (χ1) is 14.6. The smallest absolute Gasteiger partial charge is 0.145 e. The van der Waals surface area contributed by atoms with Gasteiger partial charge in [-0.25, -0.2) is 9.97 Å². The summed E-state index contributed by atoms with van der Waals surface area (Å²) in [6.07, 6.45) is 8.65. The fourth-order valence-electron chi connectivity index (χ4n) is 3.99. The molecule has 0 aromatic carbocycles. The number of nitrogens with zero attached hydrogens (tertiary/aromatic N) is 3. The molecule has 1 saturated carbocycles. The molecule has 1 aliphatic rings. The molecule has 0 amide bonds. The van der Waals surface area contributed by atoms with E-state index in [0.717, 1.165) is 24.2 Å². The molecule has 1 fully saturated rings. The van der Waals surface area contributed by atoms with Crippen molar-refractivity contribution < 1.29 is 14.4 Å². The highest BCUT2D eigenvalue weighted by Crippen LogP contribution is 2.38. The summed E-state index contributed by atoms with van der Waals surface area (Å²) < 4.78 is 14.4. The van der Waals surface area contributed by atoms with E-state index in [1.165, 1.54) is 6.33 Å². The number of aromatic nitrogens is 3. The molecule has 8 nitrogen and oxygen atoms in total. The Balaban J connectivity index is 1.56. The Kier molecular flexibility index (Phi) is 8.15. The first kappa shape index (κ1) is 22.6. The number of hydrogen-bond donors (Lipinski definition) is 4. The molecule has 0 aliphatic heterocycles. The van der Waals surface area contributed by atoms with Crippen molar-refractivity contribution in [2.24, 2.45) is 5.92 Å². The molecule has 3 rings (SSSR count). The van der Waals surface area contributed by atoms with Crippen LogP contribution < -0.4 is 10.6 Å². The average molecular weight is 434 g/mol. The topological polar surface area (TPSA) is 112 Å². The third-order valence-electron chi connectivity index (χ3n) is 5.54. The molecule has 1 aliphatic carbocycles. The van der Waals surface area contributed by atoms with Crippen LogP contribution in [0.3, 0.4) is 0 Å². The van der Waals surface area contributed by atoms with Gasteiger partial charge in [0.25, 0.3) is 0 Å². The van der Waals surface area contributed by atoms with Gasteiger partial charge < -0.3 is 25.4 Å². The van der Waals surface area contributed by atoms with E-state index in [-0.39, 0.29) is 12.0 Å². The lowest BCUT2D eigenvalue weighted by Crippen LogP contribution is -2.32. The molecule has 164 valence electrons. The van der Waals surface area contributed by atoms with Gasteiger partial charge >= 0.3 is 0 Å². The van der Waals surface area contributed by atoms with Crippen molar-refractivity contribution in [1.82, 2.24) is 19.9 Å². The molecular formula is C21H31N5O3S. The number of rotatable bonds is 11. The molecular weight excluding hydrogens is 402 g/mol. The average Bonchev–Trinajstić information content (AvgIpc) is 3.29. The molecule has 30 heavy (non-hydrogen) atoms. The molecule has 0 radical (unpaired) electrons. The summed E-state index contributed by atoms with van der Waals surface area (Å²) in [5, 5.41) is 28.4. The number of aliphatic hydroxyl groups excluding tert-OH is 2. The standard InChI is InChI=1S/C21H31N5O3S/c1-3-4-5-6-8-23-9-11-30(29)13-15-12-17(19(28)18(15)27)26-10-7-16-20(22-2)24-14-25-21(16)26/h3-5,7,10,14-15,17-19,23,27-28H,1,6,8-9,11-13H2,2H3,(H,22,24,25)/b5-4+/t15-,17-,18-,19+,30?/m1/s1. The maximum atomic E-state index is 12.5. The van der Waals surface area contributed by atoms with Gasteiger partial charge in [0.05, 0.1) is 17.5 Å². The maximum Gasteiger partial charge on any atom is 0.145 e. The van der Waals surface area contributed by atoms with Gasteiger partial charge in [0.2, 0.25) is 0 Å². The Morgan fingerprint density at radius 2 is 2.17 bits per heavy atom. The van der Waals surface area contributed by atoms with Gasteiger partial charge in [-0.15, -0.1) is 0 Å². The van der Waals surface area contributed by atoms with Crippen LogP contribution in [0, 0.1) is 5.92 Å². The van der Waals surface area contributed by atoms with Crippen LogP contribution in [0.15, 0.2) is 43.4 Å². The summed E-state index contributed by atoms with van der Waals surface area (Å²) in [5.41, 5.74) is 0.710. The molecule has 4 N–H and O–H groups in total. The molecule has 9 heteroatoms. The van der Waals surface area contributed by atoms with Gasteiger partial charge in [-0.3, -0.25) is 4.21 Å². The van der Waals surface area contributed by atoms with Crippen LogP contribution in [0.5, 0.6) is 0 Å². The van der Waals surface area contributed by atoms with Gasteiger partial charge in [0.1, 0.15) is 23.9 Å². The summed E-state index contributed by atoms with van der Waals surface area (Å²) in [6, 6.07) is 1.59. The van der Waals surface area contributed by atoms with Gasteiger partial charge in [0, 0.05) is 48.0 Å². The second-order valence-electron chi connectivity index (χ2n) is 7.49. The quantitative estimate of drug-likeness (QED) is 0.311. The van der Waals surface area contributed by atoms with E-state index in [2.05, 4.69) is 27.2 Å². The number of anilines is 1. The van der Waals surface area contributed by atoms with Gasteiger partial charge in [0.15, 0.2) is 0 Å². The molecule has 0 spiro atoms. The van der Waals surface area contributed by atoms with Crippen LogP contribution in [0.2, 0.25) is 0 Å². The van der Waals surface area contributed by atoms with Crippen molar-refractivity contribution in [3.05, 3.63) is 43.4 Å². The molecule has 5 atom stereocenters. The molecule has 2 heterocycles. The van der Waals surface area contributed by atoms with E-state index >= 15 is 0 Å². The van der Waals surface area contributed by atoms with Crippen LogP contribution in [-0.2, 0) is 10.8 Å². The first-order valence-corrected chi connectivity index (χ1v) is 11.7. The predicted octanol–water partition coefficient (Wildman–Crippen LogP) is 1.23. The Labute approximate surface area is 179 Å². The van der Waals surface area contributed by atoms with E-state index in [9.17, 15) is 14.4 Å². The van der Waals surface area contributed by atoms with E-state index < -0.39 is 23.0 Å². The van der Waals surface area contributed by atoms with Crippen molar-refractivity contribution in [2.75, 3.05) is 37.0 Å². The Morgan fingerprint density at radius 1 is 1.33 bits per heavy atom. The highest BCUT2D eigenvalue weighted by Gasteiger charge is 2.43. The third kappa shape index (κ3) is 5.15. The van der Waals surface area contributed by atoms with Gasteiger partial charge in [-0.05, 0) is 25.5 Å². The fourth-order valence-corrected chi connectivity index (χ4v) is 5.34. The number of nitrogens with one attached hydrogen (secondary N) is 2. The van der Waals surface area contributed by atoms with Crippen molar-refractivity contribution in [1.29, 1.82) is 0 Å². The van der Waals surface area contributed by atoms with Crippen LogP contribution in [0.1, 0.15) is 18.9 Å². The van der Waals surface area contributed by atoms with Crippen molar-refractivity contribution in [3.63, 3.8) is 0 Å². The highest BCUT2D eigenvalue weighted by molar-refractivity contribution is 7.85. The zero-order chi connectivity index (χ0) is 21.5. The zero-order valence-corrected chi connectivity index (χ0v) is 18.1. The number of hydrogen-bond acceptors (Lipinski definition) is 7. The SMILES string of the molecule is C=C/C=C/CCNCCS(=O)C[C@H]1C[C@@H](n2ccc3c(NC)ncnc32)[C@H](O)[C@@H]1O. The number of fused-ring (bicyclic) bond motifs is 1. The minimum Gasteiger partial charge on any atom is -0.390 e. The molecule has 1 unspecified atom stereocenters. The normalized spacial score (nSPS) is 25.2. The van der Waals surface area contributed by atoms with Crippen molar-refractivity contribution in [2.45, 2.75) is 31.1 Å². The molecule has 0 saturated heterocycles. The lowest BCUT2D eigenvalue weighted by atomic mass is 10.1. The minimum atomic E-state index is -1.06. The summed E-state index contributed by atoms with van der Waals surface area (Å²) in [6.45, 7) is 5.11. The van der Waals surface area contributed by atoms with E-state index in [4.69, 9.17) is 0 Å². The maximum absolute atomic E-state index is 12.5. The van der Waals surface area contributed by atoms with Gasteiger partial charge in [-0.2, -0.15) is 0 Å². The molecule has 0 bridgehead atoms. The van der Waals surface area contributed by atoms with Crippen LogP contribution in [0.25, 0.3) is 11.0 Å². The van der Waals surface area contributed by atoms with Crippen molar-refractivity contribution >= 4 is 27.7 Å². The Morgan fingerprint density at radius 3 is 2.93 bits per heavy atom. The fraction of sp³-hybridized carbons (Fsp3) is 0.524. The van der Waals surface area contributed by atoms with E-state index in [1.807, 2.05) is 29.0 Å². The zero-order valence-electron chi connectivity index (χ0n) is 17.3. The van der Waals surface area contributed by atoms with Crippen molar-refractivity contribution in [3.8, 4) is 0 Å². The Bertz CT molecular complexity index is 900. The lowest BCUT2D eigenvalue weighted by molar-refractivity contribution is 0.0103. The minimum absolute atomic E-state index is 0.218. The monoisotopic (exact) mass is 433 g/mol. The second-order valence-corrected chi connectivity index (χ2v) is 9.11. The molecule has 2 aromatic rings. The Hall–Kier alpha value is -2.07. The van der Waals surface area contributed by atoms with Crippen LogP contribution in [0.4, 0.5) is 5.82 Å². The third-order valence-corrected chi connectivity index (χ3v) is 7.00. The second kappa shape index (κ2) is 10.8. The van der Waals surface area contributed by atoms with E-state index in [0.29, 0.717) is 30.1 Å². The molecule has 2 aromatic heterocycles.